The average molecular weight is 561 g/mol. The fourth-order valence-corrected chi connectivity index (χ4v) is 3.35. The van der Waals surface area contributed by atoms with Crippen molar-refractivity contribution in [2.75, 3.05) is 0 Å². The molecule has 3 aromatic rings. The SMILES string of the molecule is O=C(NC(Cc1ccccc1)C(=O)[O-])C(=Cc1ccc(Br)cc1)NC(=O)c1ccc(Br)o1. The van der Waals surface area contributed by atoms with Crippen LogP contribution in [0.4, 0.5) is 0 Å². The van der Waals surface area contributed by atoms with Gasteiger partial charge < -0.3 is 25.0 Å². The van der Waals surface area contributed by atoms with Crippen molar-refractivity contribution < 1.29 is 23.9 Å². The molecule has 32 heavy (non-hydrogen) atoms. The summed E-state index contributed by atoms with van der Waals surface area (Å²) >= 11 is 6.45. The van der Waals surface area contributed by atoms with Gasteiger partial charge in [0.1, 0.15) is 5.70 Å². The summed E-state index contributed by atoms with van der Waals surface area (Å²) in [5.74, 6) is -2.90. The number of carbonyl (C=O) groups excluding carboxylic acids is 3. The second kappa shape index (κ2) is 10.9. The largest absolute Gasteiger partial charge is 0.548 e. The Bertz CT molecular complexity index is 1140. The lowest BCUT2D eigenvalue weighted by Gasteiger charge is -2.21. The second-order valence-corrected chi connectivity index (χ2v) is 8.40. The van der Waals surface area contributed by atoms with E-state index in [1.165, 1.54) is 12.1 Å². The van der Waals surface area contributed by atoms with Crippen LogP contribution in [0.1, 0.15) is 21.7 Å². The molecule has 0 saturated carbocycles. The Balaban J connectivity index is 1.85. The Morgan fingerprint density at radius 1 is 0.969 bits per heavy atom. The molecule has 0 spiro atoms. The topological polar surface area (TPSA) is 111 Å². The van der Waals surface area contributed by atoms with Gasteiger partial charge in [-0.3, -0.25) is 9.59 Å². The summed E-state index contributed by atoms with van der Waals surface area (Å²) < 4.78 is 6.42. The van der Waals surface area contributed by atoms with Gasteiger partial charge in [0.15, 0.2) is 10.4 Å². The number of benzene rings is 2. The van der Waals surface area contributed by atoms with Crippen molar-refractivity contribution in [1.29, 1.82) is 0 Å². The van der Waals surface area contributed by atoms with Gasteiger partial charge in [0.05, 0.1) is 12.0 Å². The third-order valence-corrected chi connectivity index (χ3v) is 5.30. The molecule has 2 N–H and O–H groups in total. The molecule has 0 aliphatic rings. The third-order valence-electron chi connectivity index (χ3n) is 4.34. The number of carboxylic acid groups (broad SMARTS) is 1. The number of hydrogen-bond acceptors (Lipinski definition) is 5. The van der Waals surface area contributed by atoms with Crippen LogP contribution in [-0.4, -0.2) is 23.8 Å². The summed E-state index contributed by atoms with van der Waals surface area (Å²) in [7, 11) is 0. The lowest BCUT2D eigenvalue weighted by molar-refractivity contribution is -0.308. The zero-order valence-corrected chi connectivity index (χ0v) is 19.7. The van der Waals surface area contributed by atoms with Crippen molar-refractivity contribution in [2.24, 2.45) is 0 Å². The van der Waals surface area contributed by atoms with Crippen LogP contribution in [0.5, 0.6) is 0 Å². The first-order valence-corrected chi connectivity index (χ1v) is 11.0. The number of rotatable bonds is 8. The summed E-state index contributed by atoms with van der Waals surface area (Å²) in [6, 6.07) is 17.5. The van der Waals surface area contributed by atoms with E-state index in [2.05, 4.69) is 42.5 Å². The van der Waals surface area contributed by atoms with E-state index < -0.39 is 23.8 Å². The molecule has 164 valence electrons. The molecule has 0 radical (unpaired) electrons. The Morgan fingerprint density at radius 2 is 1.66 bits per heavy atom. The van der Waals surface area contributed by atoms with Gasteiger partial charge in [0, 0.05) is 4.47 Å². The zero-order valence-electron chi connectivity index (χ0n) is 16.5. The number of carboxylic acids is 1. The minimum atomic E-state index is -1.44. The van der Waals surface area contributed by atoms with Crippen LogP contribution in [0.2, 0.25) is 0 Å². The van der Waals surface area contributed by atoms with Crippen LogP contribution in [-0.2, 0) is 16.0 Å². The number of furan rings is 1. The van der Waals surface area contributed by atoms with Gasteiger partial charge in [0.2, 0.25) is 0 Å². The van der Waals surface area contributed by atoms with Gasteiger partial charge in [-0.05, 0) is 63.8 Å². The maximum atomic E-state index is 13.0. The van der Waals surface area contributed by atoms with E-state index in [0.717, 1.165) is 4.47 Å². The maximum absolute atomic E-state index is 13.0. The highest BCUT2D eigenvalue weighted by Crippen LogP contribution is 2.16. The third kappa shape index (κ3) is 6.66. The summed E-state index contributed by atoms with van der Waals surface area (Å²) in [5.41, 5.74) is 1.18. The Morgan fingerprint density at radius 3 is 2.25 bits per heavy atom. The number of nitrogens with one attached hydrogen (secondary N) is 2. The van der Waals surface area contributed by atoms with Gasteiger partial charge in [-0.1, -0.05) is 58.4 Å². The summed E-state index contributed by atoms with van der Waals surface area (Å²) in [4.78, 5) is 37.1. The van der Waals surface area contributed by atoms with Gasteiger partial charge in [-0.2, -0.15) is 0 Å². The van der Waals surface area contributed by atoms with Crippen molar-refractivity contribution in [3.8, 4) is 0 Å². The van der Waals surface area contributed by atoms with Crippen molar-refractivity contribution >= 4 is 55.7 Å². The molecular weight excluding hydrogens is 544 g/mol. The normalized spacial score (nSPS) is 12.1. The summed E-state index contributed by atoms with van der Waals surface area (Å²) in [5, 5.41) is 16.6. The molecule has 2 amide bonds. The number of amides is 2. The molecular formula is C23H17Br2N2O5-. The highest BCUT2D eigenvalue weighted by molar-refractivity contribution is 9.10. The molecule has 0 aliphatic carbocycles. The number of carbonyl (C=O) groups is 3. The Labute approximate surface area is 200 Å². The molecule has 1 atom stereocenters. The fraction of sp³-hybridized carbons (Fsp3) is 0.0870. The predicted molar refractivity (Wildman–Crippen MR) is 123 cm³/mol. The first kappa shape index (κ1) is 23.5. The van der Waals surface area contributed by atoms with Gasteiger partial charge in [-0.15, -0.1) is 0 Å². The highest BCUT2D eigenvalue weighted by atomic mass is 79.9. The minimum Gasteiger partial charge on any atom is -0.548 e. The lowest BCUT2D eigenvalue weighted by Crippen LogP contribution is -2.50. The van der Waals surface area contributed by atoms with E-state index in [-0.39, 0.29) is 17.9 Å². The van der Waals surface area contributed by atoms with E-state index in [1.54, 1.807) is 60.7 Å². The molecule has 1 aromatic heterocycles. The first-order chi connectivity index (χ1) is 15.3. The molecule has 0 saturated heterocycles. The van der Waals surface area contributed by atoms with Crippen molar-refractivity contribution in [2.45, 2.75) is 12.5 Å². The molecule has 3 rings (SSSR count). The Kier molecular flexibility index (Phi) is 8.02. The van der Waals surface area contributed by atoms with E-state index in [1.807, 2.05) is 0 Å². The molecule has 2 aromatic carbocycles. The van der Waals surface area contributed by atoms with Gasteiger partial charge >= 0.3 is 0 Å². The van der Waals surface area contributed by atoms with Crippen LogP contribution in [0.25, 0.3) is 6.08 Å². The zero-order chi connectivity index (χ0) is 23.1. The molecule has 0 aliphatic heterocycles. The van der Waals surface area contributed by atoms with E-state index in [0.29, 0.717) is 15.8 Å². The van der Waals surface area contributed by atoms with Crippen molar-refractivity contribution in [3.05, 3.63) is 98.5 Å². The minimum absolute atomic E-state index is 0.0212. The van der Waals surface area contributed by atoms with Crippen molar-refractivity contribution in [3.63, 3.8) is 0 Å². The highest BCUT2D eigenvalue weighted by Gasteiger charge is 2.21. The standard InChI is InChI=1S/C23H18Br2N2O5/c24-16-8-6-15(7-9-16)12-17(26-22(29)19-10-11-20(25)32-19)21(28)27-18(23(30)31)13-14-4-2-1-3-5-14/h1-12,18H,13H2,(H,26,29)(H,27,28)(H,30,31)/p-1. The Hall–Kier alpha value is -3.17. The van der Waals surface area contributed by atoms with Crippen LogP contribution in [0.15, 0.2) is 86.0 Å². The van der Waals surface area contributed by atoms with E-state index in [9.17, 15) is 19.5 Å². The van der Waals surface area contributed by atoms with E-state index >= 15 is 0 Å². The molecule has 0 bridgehead atoms. The second-order valence-electron chi connectivity index (χ2n) is 6.70. The lowest BCUT2D eigenvalue weighted by atomic mass is 10.1. The van der Waals surface area contributed by atoms with Crippen molar-refractivity contribution in [1.82, 2.24) is 10.6 Å². The van der Waals surface area contributed by atoms with Gasteiger partial charge in [0.25, 0.3) is 11.8 Å². The predicted octanol–water partition coefficient (Wildman–Crippen LogP) is 3.05. The smallest absolute Gasteiger partial charge is 0.291 e. The van der Waals surface area contributed by atoms with Crippen LogP contribution in [0.3, 0.4) is 0 Å². The summed E-state index contributed by atoms with van der Waals surface area (Å²) in [6.07, 6.45) is 1.46. The number of aliphatic carboxylic acids is 1. The van der Waals surface area contributed by atoms with Crippen LogP contribution >= 0.6 is 31.9 Å². The number of hydrogen-bond donors (Lipinski definition) is 2. The van der Waals surface area contributed by atoms with Crippen LogP contribution in [0, 0.1) is 0 Å². The molecule has 9 heteroatoms. The fourth-order valence-electron chi connectivity index (χ4n) is 2.78. The maximum Gasteiger partial charge on any atom is 0.291 e. The first-order valence-electron chi connectivity index (χ1n) is 9.41. The summed E-state index contributed by atoms with van der Waals surface area (Å²) in [6.45, 7) is 0. The van der Waals surface area contributed by atoms with Gasteiger partial charge in [-0.25, -0.2) is 0 Å². The molecule has 1 heterocycles. The van der Waals surface area contributed by atoms with Crippen LogP contribution < -0.4 is 15.7 Å². The number of halogens is 2. The monoisotopic (exact) mass is 559 g/mol. The average Bonchev–Trinajstić information content (AvgIpc) is 3.21. The molecule has 1 unspecified atom stereocenters. The molecule has 0 fully saturated rings. The quantitative estimate of drug-likeness (QED) is 0.411. The van der Waals surface area contributed by atoms with E-state index in [4.69, 9.17) is 4.42 Å². The molecule has 7 nitrogen and oxygen atoms in total.